The Labute approximate surface area is 113 Å². The maximum absolute atomic E-state index is 12.7. The van der Waals surface area contributed by atoms with Crippen LogP contribution in [0.5, 0.6) is 0 Å². The monoisotopic (exact) mass is 272 g/mol. The summed E-state index contributed by atoms with van der Waals surface area (Å²) in [5.74, 6) is -0.944. The van der Waals surface area contributed by atoms with E-state index in [1.54, 1.807) is 0 Å². The van der Waals surface area contributed by atoms with Crippen molar-refractivity contribution in [3.05, 3.63) is 59.1 Å². The van der Waals surface area contributed by atoms with Gasteiger partial charge in [-0.2, -0.15) is 0 Å². The predicted molar refractivity (Wildman–Crippen MR) is 68.6 cm³/mol. The number of nitrogens with one attached hydrogen (secondary N) is 1. The number of nitrogens with zero attached hydrogens (tertiary/aromatic N) is 3. The standard InChI is InChI=1S/C13H9FN4O2/c1-15-9-4-10(7-19)17-11(5-9)13(20)18-12-3-2-8(14)6-16-12/h2-6,19H,7H2,(H,16,18,20). The van der Waals surface area contributed by atoms with Crippen molar-refractivity contribution in [1.29, 1.82) is 0 Å². The molecule has 0 fully saturated rings. The molecule has 2 heterocycles. The van der Waals surface area contributed by atoms with Gasteiger partial charge >= 0.3 is 0 Å². The minimum Gasteiger partial charge on any atom is -0.390 e. The molecule has 0 bridgehead atoms. The highest BCUT2D eigenvalue weighted by Gasteiger charge is 2.11. The number of rotatable bonds is 3. The SMILES string of the molecule is [C-]#[N+]c1cc(CO)nc(C(=O)Nc2ccc(F)cn2)c1. The van der Waals surface area contributed by atoms with E-state index in [1.807, 2.05) is 0 Å². The van der Waals surface area contributed by atoms with Crippen LogP contribution >= 0.6 is 0 Å². The number of aromatic nitrogens is 2. The van der Waals surface area contributed by atoms with Crippen LogP contribution in [0.1, 0.15) is 16.2 Å². The first-order chi connectivity index (χ1) is 9.62. The van der Waals surface area contributed by atoms with Crippen LogP contribution in [0.15, 0.2) is 30.5 Å². The summed E-state index contributed by atoms with van der Waals surface area (Å²) in [5.41, 5.74) is 0.394. The molecule has 2 N–H and O–H groups in total. The van der Waals surface area contributed by atoms with Gasteiger partial charge in [0.05, 0.1) is 25.1 Å². The first-order valence-electron chi connectivity index (χ1n) is 5.54. The molecule has 0 unspecified atom stereocenters. The molecule has 2 rings (SSSR count). The van der Waals surface area contributed by atoms with Gasteiger partial charge in [0.15, 0.2) is 5.69 Å². The summed E-state index contributed by atoms with van der Waals surface area (Å²) in [7, 11) is 0. The largest absolute Gasteiger partial charge is 0.390 e. The van der Waals surface area contributed by atoms with E-state index in [-0.39, 0.29) is 29.5 Å². The van der Waals surface area contributed by atoms with Crippen LogP contribution in [0.3, 0.4) is 0 Å². The second-order valence-corrected chi connectivity index (χ2v) is 3.79. The molecule has 0 aliphatic carbocycles. The number of aliphatic hydroxyl groups excluding tert-OH is 1. The Hall–Kier alpha value is -2.85. The summed E-state index contributed by atoms with van der Waals surface area (Å²) < 4.78 is 12.7. The third-order valence-electron chi connectivity index (χ3n) is 2.36. The van der Waals surface area contributed by atoms with Crippen LogP contribution in [0.25, 0.3) is 4.85 Å². The highest BCUT2D eigenvalue weighted by atomic mass is 19.1. The van der Waals surface area contributed by atoms with Gasteiger partial charge in [0, 0.05) is 0 Å². The lowest BCUT2D eigenvalue weighted by molar-refractivity contribution is 0.102. The number of hydrogen-bond acceptors (Lipinski definition) is 4. The molecule has 2 aromatic heterocycles. The zero-order valence-electron chi connectivity index (χ0n) is 10.2. The van der Waals surface area contributed by atoms with Crippen LogP contribution in [-0.4, -0.2) is 21.0 Å². The molecule has 0 aromatic carbocycles. The molecular weight excluding hydrogens is 263 g/mol. The molecule has 0 atom stereocenters. The number of carbonyl (C=O) groups is 1. The van der Waals surface area contributed by atoms with Crippen molar-refractivity contribution >= 4 is 17.4 Å². The summed E-state index contributed by atoms with van der Waals surface area (Å²) in [6, 6.07) is 5.15. The maximum Gasteiger partial charge on any atom is 0.274 e. The highest BCUT2D eigenvalue weighted by molar-refractivity contribution is 6.02. The first kappa shape index (κ1) is 13.6. The van der Waals surface area contributed by atoms with E-state index in [4.69, 9.17) is 11.7 Å². The van der Waals surface area contributed by atoms with E-state index < -0.39 is 11.7 Å². The topological polar surface area (TPSA) is 79.5 Å². The lowest BCUT2D eigenvalue weighted by atomic mass is 10.2. The fraction of sp³-hybridized carbons (Fsp3) is 0.0769. The van der Waals surface area contributed by atoms with Crippen LogP contribution < -0.4 is 5.32 Å². The second-order valence-electron chi connectivity index (χ2n) is 3.79. The molecular formula is C13H9FN4O2. The van der Waals surface area contributed by atoms with Gasteiger partial charge in [0.25, 0.3) is 5.91 Å². The highest BCUT2D eigenvalue weighted by Crippen LogP contribution is 2.16. The van der Waals surface area contributed by atoms with Gasteiger partial charge in [0.2, 0.25) is 0 Å². The average Bonchev–Trinajstić information content (AvgIpc) is 2.48. The predicted octanol–water partition coefficient (Wildman–Crippen LogP) is 1.91. The zero-order chi connectivity index (χ0) is 14.5. The van der Waals surface area contributed by atoms with Crippen molar-refractivity contribution in [2.24, 2.45) is 0 Å². The number of hydrogen-bond donors (Lipinski definition) is 2. The second kappa shape index (κ2) is 5.86. The van der Waals surface area contributed by atoms with Gasteiger partial charge in [-0.3, -0.25) is 4.79 Å². The average molecular weight is 272 g/mol. The number of halogens is 1. The van der Waals surface area contributed by atoms with Crippen LogP contribution in [0, 0.1) is 12.4 Å². The third-order valence-corrected chi connectivity index (χ3v) is 2.36. The van der Waals surface area contributed by atoms with Crippen LogP contribution in [0.2, 0.25) is 0 Å². The molecule has 0 saturated heterocycles. The summed E-state index contributed by atoms with van der Waals surface area (Å²) in [6.07, 6.45) is 0.970. The van der Waals surface area contributed by atoms with Gasteiger partial charge < -0.3 is 10.4 Å². The Balaban J connectivity index is 2.25. The number of carbonyl (C=O) groups excluding carboxylic acids is 1. The van der Waals surface area contributed by atoms with Crippen LogP contribution in [-0.2, 0) is 6.61 Å². The minimum atomic E-state index is -0.593. The molecule has 1 amide bonds. The number of aliphatic hydroxyl groups is 1. The van der Waals surface area contributed by atoms with Gasteiger partial charge in [-0.15, -0.1) is 0 Å². The molecule has 100 valence electrons. The Morgan fingerprint density at radius 1 is 1.45 bits per heavy atom. The molecule has 2 aromatic rings. The maximum atomic E-state index is 12.7. The van der Waals surface area contributed by atoms with E-state index in [1.165, 1.54) is 18.2 Å². The summed E-state index contributed by atoms with van der Waals surface area (Å²) >= 11 is 0. The first-order valence-corrected chi connectivity index (χ1v) is 5.54. The van der Waals surface area contributed by atoms with Gasteiger partial charge in [-0.1, -0.05) is 0 Å². The summed E-state index contributed by atoms with van der Waals surface area (Å²) in [5, 5.41) is 11.5. The van der Waals surface area contributed by atoms with Crippen molar-refractivity contribution < 1.29 is 14.3 Å². The molecule has 0 aliphatic rings. The summed E-state index contributed by atoms with van der Waals surface area (Å²) in [4.78, 5) is 22.7. The molecule has 20 heavy (non-hydrogen) atoms. The van der Waals surface area contributed by atoms with Gasteiger partial charge in [-0.05, 0) is 24.3 Å². The number of pyridine rings is 2. The van der Waals surface area contributed by atoms with Gasteiger partial charge in [-0.25, -0.2) is 19.2 Å². The lowest BCUT2D eigenvalue weighted by Gasteiger charge is -2.05. The number of amides is 1. The molecule has 0 spiro atoms. The lowest BCUT2D eigenvalue weighted by Crippen LogP contribution is -2.15. The van der Waals surface area contributed by atoms with E-state index >= 15 is 0 Å². The number of anilines is 1. The molecule has 0 saturated carbocycles. The Bertz CT molecular complexity index is 680. The van der Waals surface area contributed by atoms with E-state index in [2.05, 4.69) is 20.1 Å². The molecule has 0 aliphatic heterocycles. The van der Waals surface area contributed by atoms with Crippen molar-refractivity contribution in [3.8, 4) is 0 Å². The smallest absolute Gasteiger partial charge is 0.274 e. The van der Waals surface area contributed by atoms with Crippen LogP contribution in [0.4, 0.5) is 15.9 Å². The Morgan fingerprint density at radius 2 is 2.25 bits per heavy atom. The van der Waals surface area contributed by atoms with E-state index in [0.717, 1.165) is 12.3 Å². The molecule has 6 nitrogen and oxygen atoms in total. The summed E-state index contributed by atoms with van der Waals surface area (Å²) in [6.45, 7) is 6.55. The Morgan fingerprint density at radius 3 is 2.85 bits per heavy atom. The van der Waals surface area contributed by atoms with Gasteiger partial charge in [0.1, 0.15) is 17.3 Å². The Kier molecular flexibility index (Phi) is 3.98. The molecule has 7 heteroatoms. The van der Waals surface area contributed by atoms with E-state index in [9.17, 15) is 9.18 Å². The fourth-order valence-electron chi connectivity index (χ4n) is 1.46. The van der Waals surface area contributed by atoms with Crippen molar-refractivity contribution in [2.45, 2.75) is 6.61 Å². The quantitative estimate of drug-likeness (QED) is 0.836. The fourth-order valence-corrected chi connectivity index (χ4v) is 1.46. The van der Waals surface area contributed by atoms with Crippen molar-refractivity contribution in [2.75, 3.05) is 5.32 Å². The van der Waals surface area contributed by atoms with Crippen molar-refractivity contribution in [1.82, 2.24) is 9.97 Å². The third kappa shape index (κ3) is 3.13. The van der Waals surface area contributed by atoms with E-state index in [0.29, 0.717) is 0 Å². The van der Waals surface area contributed by atoms with Crippen molar-refractivity contribution in [3.63, 3.8) is 0 Å². The minimum absolute atomic E-state index is 0.0197. The normalized spacial score (nSPS) is 9.85. The zero-order valence-corrected chi connectivity index (χ0v) is 10.2. The molecule has 0 radical (unpaired) electrons.